The van der Waals surface area contributed by atoms with Crippen LogP contribution in [0.25, 0.3) is 26.3 Å². The lowest BCUT2D eigenvalue weighted by atomic mass is 10.1. The third-order valence-electron chi connectivity index (χ3n) is 3.62. The van der Waals surface area contributed by atoms with Crippen LogP contribution in [0.15, 0.2) is 42.5 Å². The van der Waals surface area contributed by atoms with Crippen molar-refractivity contribution in [2.45, 2.75) is 24.9 Å². The van der Waals surface area contributed by atoms with Gasteiger partial charge < -0.3 is 0 Å². The van der Waals surface area contributed by atoms with Gasteiger partial charge in [0.15, 0.2) is 5.82 Å². The van der Waals surface area contributed by atoms with Crippen molar-refractivity contribution >= 4 is 38.8 Å². The van der Waals surface area contributed by atoms with Crippen LogP contribution >= 0.6 is 23.1 Å². The van der Waals surface area contributed by atoms with E-state index in [1.807, 2.05) is 16.3 Å². The van der Waals surface area contributed by atoms with Gasteiger partial charge in [0.05, 0.1) is 5.75 Å². The molecule has 0 amide bonds. The van der Waals surface area contributed by atoms with Crippen LogP contribution in [0.2, 0.25) is 0 Å². The number of nitrogens with zero attached hydrogens (tertiary/aromatic N) is 4. The van der Waals surface area contributed by atoms with Crippen molar-refractivity contribution in [1.82, 2.24) is 19.8 Å². The van der Waals surface area contributed by atoms with Gasteiger partial charge in [-0.15, -0.1) is 10.2 Å². The number of hydrogen-bond acceptors (Lipinski definition) is 5. The van der Waals surface area contributed by atoms with Crippen molar-refractivity contribution in [3.63, 3.8) is 0 Å². The molecule has 23 heavy (non-hydrogen) atoms. The van der Waals surface area contributed by atoms with Gasteiger partial charge in [0.25, 0.3) is 0 Å². The highest BCUT2D eigenvalue weighted by Gasteiger charge is 2.14. The fraction of sp³-hybridized carbons (Fsp3) is 0.235. The molecule has 0 atom stereocenters. The summed E-state index contributed by atoms with van der Waals surface area (Å²) in [6.45, 7) is 4.37. The fourth-order valence-electron chi connectivity index (χ4n) is 2.51. The van der Waals surface area contributed by atoms with E-state index in [0.29, 0.717) is 5.25 Å². The summed E-state index contributed by atoms with van der Waals surface area (Å²) in [4.78, 5) is 0.854. The van der Waals surface area contributed by atoms with Crippen molar-refractivity contribution < 1.29 is 0 Å². The molecule has 0 aliphatic carbocycles. The van der Waals surface area contributed by atoms with E-state index >= 15 is 0 Å². The minimum atomic E-state index is 0.568. The molecule has 2 aromatic heterocycles. The molecule has 4 rings (SSSR count). The van der Waals surface area contributed by atoms with Crippen LogP contribution in [0.4, 0.5) is 0 Å². The molecule has 0 unspecified atom stereocenters. The van der Waals surface area contributed by atoms with Crippen molar-refractivity contribution in [1.29, 1.82) is 0 Å². The van der Waals surface area contributed by atoms with Gasteiger partial charge in [-0.25, -0.2) is 0 Å². The first-order valence-corrected chi connectivity index (χ1v) is 9.40. The summed E-state index contributed by atoms with van der Waals surface area (Å²) in [6, 6.07) is 14.7. The van der Waals surface area contributed by atoms with Gasteiger partial charge in [-0.3, -0.25) is 0 Å². The molecule has 0 fully saturated rings. The Bertz CT molecular complexity index is 966. The predicted octanol–water partition coefficient (Wildman–Crippen LogP) is 4.65. The Balaban J connectivity index is 1.80. The molecule has 0 saturated carbocycles. The third-order valence-corrected chi connectivity index (χ3v) is 5.64. The van der Waals surface area contributed by atoms with Crippen molar-refractivity contribution in [2.24, 2.45) is 0 Å². The van der Waals surface area contributed by atoms with Crippen LogP contribution in [0.5, 0.6) is 0 Å². The summed E-state index contributed by atoms with van der Waals surface area (Å²) in [5, 5.41) is 17.3. The zero-order chi connectivity index (χ0) is 15.8. The molecule has 4 nitrogen and oxygen atoms in total. The molecule has 0 aliphatic rings. The van der Waals surface area contributed by atoms with Crippen molar-refractivity contribution in [2.75, 3.05) is 0 Å². The Kier molecular flexibility index (Phi) is 3.79. The maximum atomic E-state index is 4.77. The molecule has 2 aromatic carbocycles. The largest absolute Gasteiger partial charge is 0.235 e. The van der Waals surface area contributed by atoms with Crippen LogP contribution in [0.3, 0.4) is 0 Å². The summed E-state index contributed by atoms with van der Waals surface area (Å²) in [5.74, 6) is 1.75. The molecule has 0 bridgehead atoms. The van der Waals surface area contributed by atoms with Gasteiger partial charge in [-0.1, -0.05) is 67.6 Å². The lowest BCUT2D eigenvalue weighted by molar-refractivity contribution is 0.885. The summed E-state index contributed by atoms with van der Waals surface area (Å²) < 4.78 is 1.89. The van der Waals surface area contributed by atoms with Gasteiger partial charge in [0.2, 0.25) is 4.96 Å². The summed E-state index contributed by atoms with van der Waals surface area (Å²) in [6.07, 6.45) is 0. The van der Waals surface area contributed by atoms with E-state index in [1.54, 1.807) is 11.3 Å². The molecule has 0 spiro atoms. The molecule has 0 aliphatic heterocycles. The molecule has 0 radical (unpaired) electrons. The van der Waals surface area contributed by atoms with Crippen LogP contribution in [-0.2, 0) is 5.75 Å². The van der Waals surface area contributed by atoms with Crippen molar-refractivity contribution in [3.05, 3.63) is 48.3 Å². The monoisotopic (exact) mass is 340 g/mol. The van der Waals surface area contributed by atoms with E-state index in [2.05, 4.69) is 66.5 Å². The molecule has 2 heterocycles. The third kappa shape index (κ3) is 2.72. The topological polar surface area (TPSA) is 43.1 Å². The Morgan fingerprint density at radius 2 is 1.91 bits per heavy atom. The minimum absolute atomic E-state index is 0.568. The Morgan fingerprint density at radius 1 is 1.09 bits per heavy atom. The molecule has 0 saturated heterocycles. The minimum Gasteiger partial charge on any atom is -0.186 e. The number of rotatable bonds is 4. The normalized spacial score (nSPS) is 11.8. The molecule has 0 N–H and O–H groups in total. The van der Waals surface area contributed by atoms with E-state index < -0.39 is 0 Å². The van der Waals surface area contributed by atoms with E-state index in [9.17, 15) is 0 Å². The van der Waals surface area contributed by atoms with Crippen LogP contribution in [-0.4, -0.2) is 25.1 Å². The average molecular weight is 340 g/mol. The summed E-state index contributed by atoms with van der Waals surface area (Å²) >= 11 is 3.44. The quantitative estimate of drug-likeness (QED) is 0.542. The van der Waals surface area contributed by atoms with Crippen molar-refractivity contribution in [3.8, 4) is 10.6 Å². The second kappa shape index (κ2) is 5.94. The standard InChI is InChI=1S/C17H16N4S2/c1-11(2)22-10-15-18-19-17-21(15)20-16(23-17)14-9-5-7-12-6-3-4-8-13(12)14/h3-9,11H,10H2,1-2H3. The predicted molar refractivity (Wildman–Crippen MR) is 98.0 cm³/mol. The second-order valence-corrected chi connectivity index (χ2v) is 8.13. The second-order valence-electron chi connectivity index (χ2n) is 5.60. The van der Waals surface area contributed by atoms with E-state index in [4.69, 9.17) is 5.10 Å². The number of hydrogen-bond donors (Lipinski definition) is 0. The SMILES string of the molecule is CC(C)SCc1nnc2sc(-c3cccc4ccccc34)nn12. The Labute approximate surface area is 142 Å². The number of thioether (sulfide) groups is 1. The lowest BCUT2D eigenvalue weighted by Crippen LogP contribution is -1.97. The summed E-state index contributed by atoms with van der Waals surface area (Å²) in [5.41, 5.74) is 1.15. The molecule has 6 heteroatoms. The summed E-state index contributed by atoms with van der Waals surface area (Å²) in [7, 11) is 0. The van der Waals surface area contributed by atoms with Gasteiger partial charge in [-0.05, 0) is 16.0 Å². The fourth-order valence-corrected chi connectivity index (χ4v) is 4.07. The maximum absolute atomic E-state index is 4.77. The first-order valence-electron chi connectivity index (χ1n) is 7.53. The first kappa shape index (κ1) is 14.7. The van der Waals surface area contributed by atoms with Crippen LogP contribution < -0.4 is 0 Å². The molecule has 116 valence electrons. The van der Waals surface area contributed by atoms with Crippen LogP contribution in [0, 0.1) is 0 Å². The zero-order valence-corrected chi connectivity index (χ0v) is 14.6. The zero-order valence-electron chi connectivity index (χ0n) is 12.9. The maximum Gasteiger partial charge on any atom is 0.235 e. The van der Waals surface area contributed by atoms with Gasteiger partial charge in [0, 0.05) is 5.56 Å². The van der Waals surface area contributed by atoms with Crippen LogP contribution in [0.1, 0.15) is 19.7 Å². The highest BCUT2D eigenvalue weighted by atomic mass is 32.2. The lowest BCUT2D eigenvalue weighted by Gasteiger charge is -2.03. The smallest absolute Gasteiger partial charge is 0.186 e. The Hall–Kier alpha value is -1.92. The van der Waals surface area contributed by atoms with E-state index in [0.717, 1.165) is 27.1 Å². The van der Waals surface area contributed by atoms with E-state index in [-0.39, 0.29) is 0 Å². The first-order chi connectivity index (χ1) is 11.2. The van der Waals surface area contributed by atoms with E-state index in [1.165, 1.54) is 10.8 Å². The highest BCUT2D eigenvalue weighted by molar-refractivity contribution is 7.99. The van der Waals surface area contributed by atoms with Gasteiger partial charge in [0.1, 0.15) is 5.01 Å². The number of fused-ring (bicyclic) bond motifs is 2. The number of benzene rings is 2. The average Bonchev–Trinajstić information content (AvgIpc) is 3.13. The molecular weight excluding hydrogens is 324 g/mol. The van der Waals surface area contributed by atoms with Gasteiger partial charge in [-0.2, -0.15) is 21.4 Å². The number of aromatic nitrogens is 4. The highest BCUT2D eigenvalue weighted by Crippen LogP contribution is 2.32. The Morgan fingerprint density at radius 3 is 2.78 bits per heavy atom. The molecular formula is C17H16N4S2. The molecule has 4 aromatic rings. The van der Waals surface area contributed by atoms with Gasteiger partial charge >= 0.3 is 0 Å².